The molecule has 0 aromatic heterocycles. The summed E-state index contributed by atoms with van der Waals surface area (Å²) in [6.07, 6.45) is 0.228. The van der Waals surface area contributed by atoms with Gasteiger partial charge in [0.15, 0.2) is 0 Å². The fourth-order valence-corrected chi connectivity index (χ4v) is 1.56. The summed E-state index contributed by atoms with van der Waals surface area (Å²) in [5.41, 5.74) is 0. The van der Waals surface area contributed by atoms with E-state index >= 15 is 0 Å². The van der Waals surface area contributed by atoms with E-state index in [9.17, 15) is 9.59 Å². The summed E-state index contributed by atoms with van der Waals surface area (Å²) in [6, 6.07) is -0.309. The number of rotatable bonds is 5. The fourth-order valence-electron chi connectivity index (χ4n) is 1.56. The van der Waals surface area contributed by atoms with Gasteiger partial charge in [-0.2, -0.15) is 0 Å². The number of carbonyl (C=O) groups is 2. The van der Waals surface area contributed by atoms with E-state index in [1.165, 1.54) is 0 Å². The molecule has 0 aliphatic carbocycles. The Labute approximate surface area is 89.6 Å². The lowest BCUT2D eigenvalue weighted by molar-refractivity contribution is -0.125. The molecule has 2 atom stereocenters. The summed E-state index contributed by atoms with van der Waals surface area (Å²) in [5, 5.41) is 5.41. The number of ether oxygens (including phenoxy) is 1. The minimum atomic E-state index is -0.403. The quantitative estimate of drug-likeness (QED) is 0.614. The highest BCUT2D eigenvalue weighted by molar-refractivity contribution is 6.05. The van der Waals surface area contributed by atoms with E-state index in [2.05, 4.69) is 10.6 Å². The van der Waals surface area contributed by atoms with Crippen molar-refractivity contribution in [3.63, 3.8) is 0 Å². The van der Waals surface area contributed by atoms with Crippen molar-refractivity contribution in [3.05, 3.63) is 0 Å². The maximum absolute atomic E-state index is 11.3. The standard InChI is InChI=1S/C10H18N2O3/c1-6(2)8(5-15-3)11-7-4-9(13)12-10(7)14/h6-8,11H,4-5H2,1-3H3,(H,12,13,14). The van der Waals surface area contributed by atoms with Crippen molar-refractivity contribution in [2.75, 3.05) is 13.7 Å². The molecule has 0 radical (unpaired) electrons. The molecule has 0 saturated carbocycles. The van der Waals surface area contributed by atoms with Crippen LogP contribution in [0.15, 0.2) is 0 Å². The molecule has 2 amide bonds. The van der Waals surface area contributed by atoms with Crippen LogP contribution >= 0.6 is 0 Å². The molecule has 0 aromatic rings. The van der Waals surface area contributed by atoms with Crippen LogP contribution in [0.25, 0.3) is 0 Å². The Morgan fingerprint density at radius 1 is 1.53 bits per heavy atom. The Kier molecular flexibility index (Phi) is 4.23. The highest BCUT2D eigenvalue weighted by Crippen LogP contribution is 2.08. The molecule has 1 saturated heterocycles. The smallest absolute Gasteiger partial charge is 0.244 e. The van der Waals surface area contributed by atoms with Crippen LogP contribution in [-0.4, -0.2) is 37.6 Å². The van der Waals surface area contributed by atoms with Crippen molar-refractivity contribution in [2.45, 2.75) is 32.4 Å². The number of nitrogens with one attached hydrogen (secondary N) is 2. The summed E-state index contributed by atoms with van der Waals surface area (Å²) < 4.78 is 5.06. The predicted molar refractivity (Wildman–Crippen MR) is 55.2 cm³/mol. The van der Waals surface area contributed by atoms with E-state index in [1.807, 2.05) is 13.8 Å². The van der Waals surface area contributed by atoms with Gasteiger partial charge in [0.25, 0.3) is 0 Å². The van der Waals surface area contributed by atoms with Crippen LogP contribution < -0.4 is 10.6 Å². The maximum atomic E-state index is 11.3. The normalized spacial score (nSPS) is 23.3. The van der Waals surface area contributed by atoms with Crippen molar-refractivity contribution < 1.29 is 14.3 Å². The second-order valence-electron chi connectivity index (χ2n) is 4.14. The molecule has 0 spiro atoms. The molecule has 1 heterocycles. The first-order valence-electron chi connectivity index (χ1n) is 5.13. The van der Waals surface area contributed by atoms with Crippen LogP contribution in [0.2, 0.25) is 0 Å². The van der Waals surface area contributed by atoms with Crippen molar-refractivity contribution in [1.29, 1.82) is 0 Å². The molecule has 0 aromatic carbocycles. The molecule has 5 nitrogen and oxygen atoms in total. The van der Waals surface area contributed by atoms with Gasteiger partial charge in [-0.15, -0.1) is 0 Å². The topological polar surface area (TPSA) is 67.4 Å². The second kappa shape index (κ2) is 5.23. The van der Waals surface area contributed by atoms with Gasteiger partial charge < -0.3 is 10.1 Å². The van der Waals surface area contributed by atoms with Crippen LogP contribution in [0, 0.1) is 5.92 Å². The third kappa shape index (κ3) is 3.28. The predicted octanol–water partition coefficient (Wildman–Crippen LogP) is -0.338. The fraction of sp³-hybridized carbons (Fsp3) is 0.800. The highest BCUT2D eigenvalue weighted by atomic mass is 16.5. The van der Waals surface area contributed by atoms with Gasteiger partial charge in [-0.3, -0.25) is 14.9 Å². The lowest BCUT2D eigenvalue weighted by Gasteiger charge is -2.23. The molecule has 1 aliphatic heterocycles. The number of amides is 2. The van der Waals surface area contributed by atoms with E-state index < -0.39 is 6.04 Å². The molecule has 1 fully saturated rings. The number of methoxy groups -OCH3 is 1. The lowest BCUT2D eigenvalue weighted by Crippen LogP contribution is -2.47. The molecular weight excluding hydrogens is 196 g/mol. The minimum Gasteiger partial charge on any atom is -0.383 e. The van der Waals surface area contributed by atoms with Gasteiger partial charge in [0.05, 0.1) is 19.1 Å². The van der Waals surface area contributed by atoms with Gasteiger partial charge in [-0.25, -0.2) is 0 Å². The summed E-state index contributed by atoms with van der Waals surface area (Å²) in [7, 11) is 1.62. The zero-order chi connectivity index (χ0) is 11.4. The van der Waals surface area contributed by atoms with E-state index in [4.69, 9.17) is 4.74 Å². The minimum absolute atomic E-state index is 0.0941. The monoisotopic (exact) mass is 214 g/mol. The third-order valence-corrected chi connectivity index (χ3v) is 2.53. The average molecular weight is 214 g/mol. The van der Waals surface area contributed by atoms with Gasteiger partial charge in [0.1, 0.15) is 0 Å². The Bertz CT molecular complexity index is 253. The third-order valence-electron chi connectivity index (χ3n) is 2.53. The molecule has 1 rings (SSSR count). The molecular formula is C10H18N2O3. The summed E-state index contributed by atoms with van der Waals surface area (Å²) >= 11 is 0. The zero-order valence-corrected chi connectivity index (χ0v) is 9.37. The van der Waals surface area contributed by atoms with Crippen molar-refractivity contribution in [1.82, 2.24) is 10.6 Å². The van der Waals surface area contributed by atoms with E-state index in [0.29, 0.717) is 12.5 Å². The molecule has 86 valence electrons. The van der Waals surface area contributed by atoms with Crippen LogP contribution in [0.4, 0.5) is 0 Å². The first-order chi connectivity index (χ1) is 7.04. The van der Waals surface area contributed by atoms with E-state index in [0.717, 1.165) is 0 Å². The summed E-state index contributed by atoms with van der Waals surface area (Å²) in [4.78, 5) is 22.3. The van der Waals surface area contributed by atoms with Crippen molar-refractivity contribution >= 4 is 11.8 Å². The molecule has 2 unspecified atom stereocenters. The number of imide groups is 1. The van der Waals surface area contributed by atoms with Crippen LogP contribution in [0.1, 0.15) is 20.3 Å². The molecule has 15 heavy (non-hydrogen) atoms. The van der Waals surface area contributed by atoms with Gasteiger partial charge in [-0.05, 0) is 5.92 Å². The molecule has 5 heteroatoms. The lowest BCUT2D eigenvalue weighted by atomic mass is 10.0. The Morgan fingerprint density at radius 2 is 2.20 bits per heavy atom. The van der Waals surface area contributed by atoms with Crippen LogP contribution in [0.5, 0.6) is 0 Å². The summed E-state index contributed by atoms with van der Waals surface area (Å²) in [6.45, 7) is 4.63. The Morgan fingerprint density at radius 3 is 2.60 bits per heavy atom. The molecule has 1 aliphatic rings. The maximum Gasteiger partial charge on any atom is 0.244 e. The van der Waals surface area contributed by atoms with Crippen LogP contribution in [-0.2, 0) is 14.3 Å². The molecule has 0 bridgehead atoms. The first-order valence-corrected chi connectivity index (χ1v) is 5.13. The largest absolute Gasteiger partial charge is 0.383 e. The number of carbonyl (C=O) groups excluding carboxylic acids is 2. The zero-order valence-electron chi connectivity index (χ0n) is 9.37. The van der Waals surface area contributed by atoms with E-state index in [1.54, 1.807) is 7.11 Å². The Hall–Kier alpha value is -0.940. The first kappa shape index (κ1) is 12.1. The highest BCUT2D eigenvalue weighted by Gasteiger charge is 2.32. The molecule has 2 N–H and O–H groups in total. The van der Waals surface area contributed by atoms with Gasteiger partial charge in [0.2, 0.25) is 11.8 Å². The Balaban J connectivity index is 2.50. The van der Waals surface area contributed by atoms with Gasteiger partial charge in [-0.1, -0.05) is 13.8 Å². The van der Waals surface area contributed by atoms with Gasteiger partial charge >= 0.3 is 0 Å². The SMILES string of the molecule is COCC(NC1CC(=O)NC1=O)C(C)C. The number of hydrogen-bond donors (Lipinski definition) is 2. The van der Waals surface area contributed by atoms with E-state index in [-0.39, 0.29) is 24.3 Å². The van der Waals surface area contributed by atoms with Crippen molar-refractivity contribution in [3.8, 4) is 0 Å². The van der Waals surface area contributed by atoms with Crippen LogP contribution in [0.3, 0.4) is 0 Å². The number of hydrogen-bond acceptors (Lipinski definition) is 4. The summed E-state index contributed by atoms with van der Waals surface area (Å²) in [5.74, 6) is -0.0902. The van der Waals surface area contributed by atoms with Gasteiger partial charge in [0, 0.05) is 13.2 Å². The second-order valence-corrected chi connectivity index (χ2v) is 4.14. The average Bonchev–Trinajstić information content (AvgIpc) is 2.44. The van der Waals surface area contributed by atoms with Crippen molar-refractivity contribution in [2.24, 2.45) is 5.92 Å².